The van der Waals surface area contributed by atoms with Crippen LogP contribution in [0.3, 0.4) is 0 Å². The Hall–Kier alpha value is -2.88. The van der Waals surface area contributed by atoms with Crippen LogP contribution in [0.4, 0.5) is 5.13 Å². The molecule has 0 spiro atoms. The molecule has 8 nitrogen and oxygen atoms in total. The summed E-state index contributed by atoms with van der Waals surface area (Å²) in [5.74, 6) is 0.345. The summed E-state index contributed by atoms with van der Waals surface area (Å²) in [5.41, 5.74) is 1.17. The maximum absolute atomic E-state index is 13.0. The van der Waals surface area contributed by atoms with Gasteiger partial charge in [-0.05, 0) is 6.92 Å². The second kappa shape index (κ2) is 12.5. The monoisotopic (exact) mass is 694 g/mol. The van der Waals surface area contributed by atoms with Crippen LogP contribution in [0.15, 0.2) is 95.2 Å². The number of aromatic nitrogens is 1. The maximum atomic E-state index is 13.0. The molecule has 0 saturated heterocycles. The quantitative estimate of drug-likeness (QED) is 0.0917. The number of thiazole rings is 1. The number of ether oxygens (including phenoxy) is 2. The Bertz CT molecular complexity index is 1660. The van der Waals surface area contributed by atoms with E-state index < -0.39 is 30.4 Å². The Morgan fingerprint density at radius 1 is 1.00 bits per heavy atom. The molecule has 0 fully saturated rings. The predicted molar refractivity (Wildman–Crippen MR) is 162 cm³/mol. The number of carbonyl (C=O) groups is 1. The van der Waals surface area contributed by atoms with Crippen LogP contribution in [0.1, 0.15) is 17.3 Å². The van der Waals surface area contributed by atoms with Gasteiger partial charge in [-0.15, -0.1) is 0 Å². The van der Waals surface area contributed by atoms with E-state index in [1.807, 2.05) is 36.6 Å². The number of carbonyl (C=O) groups excluding carboxylic acids is 1. The van der Waals surface area contributed by atoms with E-state index in [1.165, 1.54) is 34.8 Å². The van der Waals surface area contributed by atoms with Crippen molar-refractivity contribution in [1.82, 2.24) is 4.98 Å². The first-order valence-electron chi connectivity index (χ1n) is 11.7. The molecule has 1 amide bonds. The van der Waals surface area contributed by atoms with Gasteiger partial charge in [-0.2, -0.15) is 0 Å². The van der Waals surface area contributed by atoms with Crippen LogP contribution in [-0.4, -0.2) is 32.7 Å². The number of halogens is 1. The molecular weight excluding hydrogens is 671 g/mol. The van der Waals surface area contributed by atoms with Crippen molar-refractivity contribution in [2.45, 2.75) is 11.8 Å². The summed E-state index contributed by atoms with van der Waals surface area (Å²) in [6.07, 6.45) is 0. The number of fused-ring (bicyclic) bond motifs is 1. The molecule has 0 aliphatic rings. The second-order valence-corrected chi connectivity index (χ2v) is 17.0. The van der Waals surface area contributed by atoms with Gasteiger partial charge in [-0.25, -0.2) is 0 Å². The van der Waals surface area contributed by atoms with Gasteiger partial charge >= 0.3 is 218 Å². The Labute approximate surface area is 241 Å². The van der Waals surface area contributed by atoms with Crippen LogP contribution in [0.25, 0.3) is 10.2 Å². The summed E-state index contributed by atoms with van der Waals surface area (Å²) in [6.45, 7) is 2.63. The van der Waals surface area contributed by atoms with E-state index in [1.54, 1.807) is 48.5 Å². The summed E-state index contributed by atoms with van der Waals surface area (Å²) in [7, 11) is -3.95. The van der Waals surface area contributed by atoms with Crippen molar-refractivity contribution in [2.24, 2.45) is 0 Å². The van der Waals surface area contributed by atoms with Gasteiger partial charge < -0.3 is 4.74 Å². The van der Waals surface area contributed by atoms with Gasteiger partial charge in [0.15, 0.2) is 6.79 Å². The average Bonchev–Trinajstić information content (AvgIpc) is 3.62. The summed E-state index contributed by atoms with van der Waals surface area (Å²) < 4.78 is 45.1. The minimum absolute atomic E-state index is 0.115. The first kappa shape index (κ1) is 27.7. The van der Waals surface area contributed by atoms with Gasteiger partial charge in [-0.3, -0.25) is 0 Å². The summed E-state index contributed by atoms with van der Waals surface area (Å²) in [5, 5.41) is 5.20. The molecule has 5 aromatic rings. The van der Waals surface area contributed by atoms with Crippen molar-refractivity contribution >= 4 is 74.3 Å². The Balaban J connectivity index is 1.31. The van der Waals surface area contributed by atoms with Crippen molar-refractivity contribution in [3.8, 4) is 5.75 Å². The number of benzene rings is 3. The molecule has 0 atom stereocenters. The zero-order valence-electron chi connectivity index (χ0n) is 20.6. The van der Waals surface area contributed by atoms with E-state index in [0.717, 1.165) is 16.7 Å². The molecule has 0 unspecified atom stereocenters. The van der Waals surface area contributed by atoms with Crippen LogP contribution < -0.4 is 10.1 Å². The Morgan fingerprint density at radius 3 is 2.51 bits per heavy atom. The van der Waals surface area contributed by atoms with Crippen LogP contribution in [0, 0.1) is 6.45 Å². The number of nitrogens with zero attached hydrogens (tertiary/aromatic N) is 1. The first-order chi connectivity index (χ1) is 18.9. The third kappa shape index (κ3) is 6.83. The van der Waals surface area contributed by atoms with Crippen molar-refractivity contribution in [3.63, 3.8) is 0 Å². The van der Waals surface area contributed by atoms with Gasteiger partial charge in [-0.1, -0.05) is 0 Å². The Morgan fingerprint density at radius 2 is 1.79 bits per heavy atom. The van der Waals surface area contributed by atoms with Crippen molar-refractivity contribution < 1.29 is 25.2 Å². The number of amides is 1. The van der Waals surface area contributed by atoms with Gasteiger partial charge in [0.1, 0.15) is 0 Å². The van der Waals surface area contributed by atoms with Crippen molar-refractivity contribution in [2.75, 3.05) is 18.7 Å². The van der Waals surface area contributed by atoms with E-state index in [9.17, 15) is 13.2 Å². The molecule has 2 heterocycles. The fourth-order valence-corrected chi connectivity index (χ4v) is 13.2. The normalized spacial score (nSPS) is 11.9. The number of anilines is 1. The summed E-state index contributed by atoms with van der Waals surface area (Å²) in [6, 6.07) is 24.2. The summed E-state index contributed by atoms with van der Waals surface area (Å²) >= 11 is -0.00398. The zero-order valence-corrected chi connectivity index (χ0v) is 25.2. The molecule has 202 valence electrons. The molecule has 0 aliphatic heterocycles. The number of thiophene rings is 1. The molecule has 3 aromatic carbocycles. The molecule has 0 aliphatic carbocycles. The topological polar surface area (TPSA) is 104 Å². The molecule has 2 aromatic heterocycles. The molecule has 0 saturated carbocycles. The third-order valence-corrected chi connectivity index (χ3v) is 15.3. The van der Waals surface area contributed by atoms with E-state index in [-0.39, 0.29) is 17.6 Å². The Kier molecular flexibility index (Phi) is 8.89. The molecule has 39 heavy (non-hydrogen) atoms. The van der Waals surface area contributed by atoms with Crippen LogP contribution >= 0.6 is 42.9 Å². The minimum atomic E-state index is -3.95. The fourth-order valence-electron chi connectivity index (χ4n) is 3.36. The van der Waals surface area contributed by atoms with Crippen LogP contribution in [0.5, 0.6) is 5.75 Å². The third-order valence-electron chi connectivity index (χ3n) is 5.23. The van der Waals surface area contributed by atoms with Crippen LogP contribution in [0.2, 0.25) is 0 Å². The number of nitrogens with one attached hydrogen (secondary N) is 1. The zero-order chi connectivity index (χ0) is 27.2. The van der Waals surface area contributed by atoms with E-state index >= 15 is 0 Å². The molecule has 5 rings (SSSR count). The van der Waals surface area contributed by atoms with Crippen molar-refractivity contribution in [3.05, 3.63) is 102 Å². The molecular formula is C27H23IN2O6S3. The first-order valence-corrected chi connectivity index (χ1v) is 17.8. The van der Waals surface area contributed by atoms with Crippen LogP contribution in [-0.2, 0) is 17.4 Å². The standard InChI is InChI=1S/C27H23IN2O6S3/c1-2-34-18-35-21-14-15-23-24(17-21)38-27(29-23)30-26(31)19-10-12-20(13-11-19)28(25-9-6-16-37-25)36-39(32,33)22-7-4-3-5-8-22/h3-17H,2,18H2,1H3,(H,29,30,31). The van der Waals surface area contributed by atoms with E-state index in [4.69, 9.17) is 12.0 Å². The molecule has 1 N–H and O–H groups in total. The second-order valence-electron chi connectivity index (χ2n) is 7.86. The molecule has 0 radical (unpaired) electrons. The number of rotatable bonds is 11. The SMILES string of the molecule is CCOCOc1ccc2nc(NC(=O)c3ccc(I(OS(=O)(=O)c4ccccc4)c4cccs4)cc3)sc2c1. The number of hydrogen-bond donors (Lipinski definition) is 1. The van der Waals surface area contributed by atoms with Gasteiger partial charge in [0.2, 0.25) is 0 Å². The number of hydrogen-bond acceptors (Lipinski definition) is 9. The molecule has 0 bridgehead atoms. The molecule has 12 heteroatoms. The van der Waals surface area contributed by atoms with E-state index in [2.05, 4.69) is 10.3 Å². The van der Waals surface area contributed by atoms with Gasteiger partial charge in [0.25, 0.3) is 0 Å². The van der Waals surface area contributed by atoms with Gasteiger partial charge in [0.05, 0.1) is 0 Å². The van der Waals surface area contributed by atoms with Crippen molar-refractivity contribution in [1.29, 1.82) is 0 Å². The van der Waals surface area contributed by atoms with E-state index in [0.29, 0.717) is 23.1 Å². The summed E-state index contributed by atoms with van der Waals surface area (Å²) in [4.78, 5) is 17.6. The average molecular weight is 695 g/mol. The predicted octanol–water partition coefficient (Wildman–Crippen LogP) is 6.85. The van der Waals surface area contributed by atoms with Gasteiger partial charge in [0, 0.05) is 6.61 Å². The fraction of sp³-hybridized carbons (Fsp3) is 0.111.